The second-order valence-corrected chi connectivity index (χ2v) is 13.8. The van der Waals surface area contributed by atoms with Gasteiger partial charge in [-0.1, -0.05) is 76.3 Å². The number of aliphatic hydroxyl groups is 2. The van der Waals surface area contributed by atoms with Gasteiger partial charge in [-0.15, -0.1) is 12.3 Å². The van der Waals surface area contributed by atoms with Crippen LogP contribution in [0.5, 0.6) is 0 Å². The topological polar surface area (TPSA) is 122 Å². The molecule has 4 N–H and O–H groups in total. The van der Waals surface area contributed by atoms with E-state index in [0.29, 0.717) is 12.8 Å². The maximum absolute atomic E-state index is 13.7. The molecule has 0 spiro atoms. The van der Waals surface area contributed by atoms with Crippen LogP contribution in [0, 0.1) is 30.1 Å². The van der Waals surface area contributed by atoms with Crippen molar-refractivity contribution in [2.75, 3.05) is 33.7 Å². The van der Waals surface area contributed by atoms with Gasteiger partial charge in [0, 0.05) is 33.0 Å². The summed E-state index contributed by atoms with van der Waals surface area (Å²) < 4.78 is 38.2. The zero-order valence-electron chi connectivity index (χ0n) is 28.8. The minimum atomic E-state index is -4.36. The van der Waals surface area contributed by atoms with Crippen LogP contribution in [0.25, 0.3) is 0 Å². The fraction of sp³-hybridized carbons (Fsp3) is 0.694. The molecule has 5 atom stereocenters. The lowest BCUT2D eigenvalue weighted by Crippen LogP contribution is -2.56. The first-order valence-corrected chi connectivity index (χ1v) is 17.0. The van der Waals surface area contributed by atoms with E-state index in [1.807, 2.05) is 32.0 Å². The molecule has 1 aliphatic rings. The minimum absolute atomic E-state index is 0.0124. The Balaban J connectivity index is 2.20. The Labute approximate surface area is 284 Å². The maximum Gasteiger partial charge on any atom is 0.401 e. The van der Waals surface area contributed by atoms with Crippen LogP contribution in [0.2, 0.25) is 0 Å². The van der Waals surface area contributed by atoms with Crippen LogP contribution < -0.4 is 10.6 Å². The quantitative estimate of drug-likeness (QED) is 0.165. The molecule has 2 rings (SSSR count). The van der Waals surface area contributed by atoms with Crippen molar-refractivity contribution in [1.29, 1.82) is 0 Å². The summed E-state index contributed by atoms with van der Waals surface area (Å²) in [7, 11) is 2.79. The molecule has 1 fully saturated rings. The van der Waals surface area contributed by atoms with Gasteiger partial charge in [-0.3, -0.25) is 19.3 Å². The molecule has 0 bridgehead atoms. The third kappa shape index (κ3) is 15.4. The number of carbonyl (C=O) groups is 3. The first-order valence-electron chi connectivity index (χ1n) is 17.0. The summed E-state index contributed by atoms with van der Waals surface area (Å²) in [6.45, 7) is 2.78. The molecule has 0 heterocycles. The lowest BCUT2D eigenvalue weighted by molar-refractivity contribution is -0.144. The number of aliphatic hydroxyl groups excluding tert-OH is 2. The molecule has 3 amide bonds. The molecule has 1 saturated carbocycles. The zero-order valence-corrected chi connectivity index (χ0v) is 28.8. The fourth-order valence-corrected chi connectivity index (χ4v) is 6.21. The van der Waals surface area contributed by atoms with Gasteiger partial charge in [0.15, 0.2) is 0 Å². The minimum Gasteiger partial charge on any atom is -0.390 e. The molecule has 48 heavy (non-hydrogen) atoms. The number of hydrogen-bond acceptors (Lipinski definition) is 6. The highest BCUT2D eigenvalue weighted by Crippen LogP contribution is 2.29. The predicted octanol–water partition coefficient (Wildman–Crippen LogP) is 3.92. The van der Waals surface area contributed by atoms with E-state index in [0.717, 1.165) is 42.6 Å². The SMILES string of the molecule is C#CC[C@H](NC(=O)[C@@H](CC(=O)N(C)CCN(C)CC(F)(F)F)Cc1ccccc1)C(=O)N[C@@H](CC1CCCCC1)[C@@H](O)[C@@H](O)CC(C)C. The van der Waals surface area contributed by atoms with Gasteiger partial charge in [0.25, 0.3) is 0 Å². The summed E-state index contributed by atoms with van der Waals surface area (Å²) >= 11 is 0. The number of rotatable bonds is 19. The number of benzene rings is 1. The molecule has 1 aliphatic carbocycles. The highest BCUT2D eigenvalue weighted by Gasteiger charge is 2.34. The number of nitrogens with one attached hydrogen (secondary N) is 2. The van der Waals surface area contributed by atoms with E-state index < -0.39 is 60.7 Å². The highest BCUT2D eigenvalue weighted by atomic mass is 19.4. The smallest absolute Gasteiger partial charge is 0.390 e. The summed E-state index contributed by atoms with van der Waals surface area (Å²) in [5.41, 5.74) is 0.783. The number of carbonyl (C=O) groups excluding carboxylic acids is 3. The van der Waals surface area contributed by atoms with Crippen LogP contribution in [-0.2, 0) is 20.8 Å². The largest absolute Gasteiger partial charge is 0.401 e. The maximum atomic E-state index is 13.7. The van der Waals surface area contributed by atoms with Crippen LogP contribution >= 0.6 is 0 Å². The molecule has 1 aromatic rings. The number of halogens is 3. The summed E-state index contributed by atoms with van der Waals surface area (Å²) in [6.07, 6.45) is 4.79. The summed E-state index contributed by atoms with van der Waals surface area (Å²) in [4.78, 5) is 42.9. The second-order valence-electron chi connectivity index (χ2n) is 13.8. The summed E-state index contributed by atoms with van der Waals surface area (Å²) in [5.74, 6) is 0.330. The lowest BCUT2D eigenvalue weighted by Gasteiger charge is -2.33. The molecule has 1 aromatic carbocycles. The zero-order chi connectivity index (χ0) is 35.9. The third-order valence-electron chi connectivity index (χ3n) is 8.92. The van der Waals surface area contributed by atoms with Gasteiger partial charge in [0.2, 0.25) is 17.7 Å². The van der Waals surface area contributed by atoms with Crippen molar-refractivity contribution in [1.82, 2.24) is 20.4 Å². The molecule has 0 saturated heterocycles. The average molecular weight is 681 g/mol. The van der Waals surface area contributed by atoms with E-state index in [1.54, 1.807) is 12.1 Å². The summed E-state index contributed by atoms with van der Waals surface area (Å²) in [6, 6.07) is 7.13. The third-order valence-corrected chi connectivity index (χ3v) is 8.92. The molecule has 0 aliphatic heterocycles. The Morgan fingerprint density at radius 2 is 1.65 bits per heavy atom. The van der Waals surface area contributed by atoms with Crippen molar-refractivity contribution in [2.24, 2.45) is 17.8 Å². The van der Waals surface area contributed by atoms with E-state index in [2.05, 4.69) is 16.6 Å². The van der Waals surface area contributed by atoms with E-state index in [4.69, 9.17) is 6.42 Å². The molecule has 12 heteroatoms. The van der Waals surface area contributed by atoms with Crippen molar-refractivity contribution in [3.8, 4) is 12.3 Å². The van der Waals surface area contributed by atoms with Crippen LogP contribution in [0.4, 0.5) is 13.2 Å². The van der Waals surface area contributed by atoms with E-state index >= 15 is 0 Å². The van der Waals surface area contributed by atoms with Gasteiger partial charge in [-0.25, -0.2) is 0 Å². The van der Waals surface area contributed by atoms with Crippen LogP contribution in [0.3, 0.4) is 0 Å². The van der Waals surface area contributed by atoms with Crippen molar-refractivity contribution in [2.45, 2.75) is 109 Å². The van der Waals surface area contributed by atoms with Crippen LogP contribution in [0.15, 0.2) is 30.3 Å². The number of likely N-dealkylation sites (N-methyl/N-ethyl adjacent to an activating group) is 2. The predicted molar refractivity (Wildman–Crippen MR) is 179 cm³/mol. The van der Waals surface area contributed by atoms with Crippen LogP contribution in [0.1, 0.15) is 77.2 Å². The first-order chi connectivity index (χ1) is 22.6. The number of terminal acetylenes is 1. The highest BCUT2D eigenvalue weighted by molar-refractivity contribution is 5.91. The molecule has 0 radical (unpaired) electrons. The molecular formula is C36H55F3N4O5. The number of hydrogen-bond donors (Lipinski definition) is 4. The molecule has 0 unspecified atom stereocenters. The van der Waals surface area contributed by atoms with Gasteiger partial charge < -0.3 is 25.7 Å². The van der Waals surface area contributed by atoms with Gasteiger partial charge in [0.1, 0.15) is 12.1 Å². The lowest BCUT2D eigenvalue weighted by atomic mass is 9.82. The monoisotopic (exact) mass is 680 g/mol. The molecular weight excluding hydrogens is 625 g/mol. The Morgan fingerprint density at radius 3 is 2.23 bits per heavy atom. The number of amides is 3. The van der Waals surface area contributed by atoms with Crippen molar-refractivity contribution >= 4 is 17.7 Å². The molecule has 0 aromatic heterocycles. The van der Waals surface area contributed by atoms with Gasteiger partial charge >= 0.3 is 6.18 Å². The number of alkyl halides is 3. The Hall–Kier alpha value is -3.14. The molecule has 9 nitrogen and oxygen atoms in total. The van der Waals surface area contributed by atoms with Gasteiger partial charge in [-0.2, -0.15) is 13.2 Å². The van der Waals surface area contributed by atoms with Gasteiger partial charge in [0.05, 0.1) is 24.6 Å². The summed E-state index contributed by atoms with van der Waals surface area (Å²) in [5, 5.41) is 27.5. The Kier molecular flexibility index (Phi) is 17.4. The van der Waals surface area contributed by atoms with E-state index in [9.17, 15) is 37.8 Å². The molecule has 270 valence electrons. The average Bonchev–Trinajstić information content (AvgIpc) is 3.02. The van der Waals surface area contributed by atoms with Crippen molar-refractivity contribution in [3.05, 3.63) is 35.9 Å². The van der Waals surface area contributed by atoms with E-state index in [1.165, 1.54) is 19.0 Å². The first kappa shape index (κ1) is 41.0. The fourth-order valence-electron chi connectivity index (χ4n) is 6.21. The normalized spacial score (nSPS) is 17.2. The second kappa shape index (κ2) is 20.4. The van der Waals surface area contributed by atoms with E-state index in [-0.39, 0.29) is 44.2 Å². The Bertz CT molecular complexity index is 1170. The van der Waals surface area contributed by atoms with Gasteiger partial charge in [-0.05, 0) is 43.7 Å². The van der Waals surface area contributed by atoms with Crippen molar-refractivity contribution < 1.29 is 37.8 Å². The standard InChI is InChI=1S/C36H55F3N4O5/c1-6-13-29(35(48)41-30(22-27-16-11-8-12-17-27)33(46)31(44)20-25(2)3)40-34(47)28(21-26-14-9-7-10-15-26)23-32(45)43(5)19-18-42(4)24-36(37,38)39/h1,7,9-10,14-15,25,27-31,33,44,46H,8,11-13,16-24H2,2-5H3,(H,40,47)(H,41,48)/t28-,29+,30+,31+,33-/m1/s1. The number of nitrogens with zero attached hydrogens (tertiary/aromatic N) is 2. The van der Waals surface area contributed by atoms with Crippen molar-refractivity contribution in [3.63, 3.8) is 0 Å². The van der Waals surface area contributed by atoms with Crippen LogP contribution in [-0.4, -0.2) is 102 Å². The Morgan fingerprint density at radius 1 is 1.00 bits per heavy atom.